The molecule has 2 aromatic rings. The van der Waals surface area contributed by atoms with Crippen molar-refractivity contribution in [2.75, 3.05) is 5.73 Å². The van der Waals surface area contributed by atoms with Crippen molar-refractivity contribution in [2.24, 2.45) is 0 Å². The average Bonchev–Trinajstić information content (AvgIpc) is 2.15. The zero-order valence-electron chi connectivity index (χ0n) is 8.51. The molecule has 0 radical (unpaired) electrons. The van der Waals surface area contributed by atoms with Crippen LogP contribution >= 0.6 is 11.6 Å². The van der Waals surface area contributed by atoms with Crippen LogP contribution in [0.3, 0.4) is 0 Å². The van der Waals surface area contributed by atoms with Gasteiger partial charge in [0.05, 0.1) is 11.2 Å². The molecule has 5 nitrogen and oxygen atoms in total. The van der Waals surface area contributed by atoms with Gasteiger partial charge in [-0.05, 0) is 6.92 Å². The fourth-order valence-corrected chi connectivity index (χ4v) is 1.35. The third kappa shape index (κ3) is 2.58. The molecule has 0 saturated carbocycles. The van der Waals surface area contributed by atoms with E-state index in [1.165, 1.54) is 6.20 Å². The minimum absolute atomic E-state index is 0.171. The number of hydrogen-bond acceptors (Lipinski definition) is 5. The molecule has 0 unspecified atom stereocenters. The van der Waals surface area contributed by atoms with Crippen molar-refractivity contribution in [1.29, 1.82) is 0 Å². The molecule has 0 aliphatic carbocycles. The summed E-state index contributed by atoms with van der Waals surface area (Å²) in [6, 6.07) is 3.32. The van der Waals surface area contributed by atoms with Crippen LogP contribution in [0.4, 0.5) is 5.95 Å². The van der Waals surface area contributed by atoms with Gasteiger partial charge in [-0.15, -0.1) is 0 Å². The summed E-state index contributed by atoms with van der Waals surface area (Å²) in [6.45, 7) is 1.81. The first-order valence-electron chi connectivity index (χ1n) is 4.53. The van der Waals surface area contributed by atoms with Gasteiger partial charge in [0, 0.05) is 24.0 Å². The Labute approximate surface area is 97.3 Å². The van der Waals surface area contributed by atoms with Crippen LogP contribution in [-0.4, -0.2) is 15.0 Å². The smallest absolute Gasteiger partial charge is 0.224 e. The van der Waals surface area contributed by atoms with Crippen molar-refractivity contribution in [3.05, 3.63) is 35.2 Å². The lowest BCUT2D eigenvalue weighted by Crippen LogP contribution is -1.98. The van der Waals surface area contributed by atoms with Gasteiger partial charge < -0.3 is 10.5 Å². The molecule has 0 aliphatic rings. The van der Waals surface area contributed by atoms with Crippen molar-refractivity contribution in [3.63, 3.8) is 0 Å². The molecule has 0 atom stereocenters. The van der Waals surface area contributed by atoms with Crippen LogP contribution in [0.2, 0.25) is 5.02 Å². The van der Waals surface area contributed by atoms with E-state index in [0.717, 1.165) is 5.69 Å². The predicted octanol–water partition coefficient (Wildman–Crippen LogP) is 2.21. The van der Waals surface area contributed by atoms with Crippen LogP contribution < -0.4 is 10.5 Å². The quantitative estimate of drug-likeness (QED) is 0.865. The summed E-state index contributed by atoms with van der Waals surface area (Å²) in [5.41, 5.74) is 6.23. The van der Waals surface area contributed by atoms with Gasteiger partial charge in [-0.3, -0.25) is 4.98 Å². The van der Waals surface area contributed by atoms with E-state index in [0.29, 0.717) is 16.7 Å². The highest BCUT2D eigenvalue weighted by atomic mass is 35.5. The van der Waals surface area contributed by atoms with Crippen molar-refractivity contribution in [3.8, 4) is 11.6 Å². The average molecular weight is 237 g/mol. The lowest BCUT2D eigenvalue weighted by Gasteiger charge is -2.05. The molecule has 2 heterocycles. The number of ether oxygens (including phenoxy) is 1. The SMILES string of the molecule is Cc1cc(Oc2cncc(Cl)c2)nc(N)n1. The number of aromatic nitrogens is 3. The molecule has 2 rings (SSSR count). The molecular formula is C10H9ClN4O. The molecule has 2 aromatic heterocycles. The lowest BCUT2D eigenvalue weighted by atomic mass is 10.4. The standard InChI is InChI=1S/C10H9ClN4O/c1-6-2-9(15-10(12)14-6)16-8-3-7(11)4-13-5-8/h2-5H,1H3,(H2,12,14,15). The second-order valence-electron chi connectivity index (χ2n) is 3.15. The van der Waals surface area contributed by atoms with Gasteiger partial charge in [0.25, 0.3) is 0 Å². The summed E-state index contributed by atoms with van der Waals surface area (Å²) in [4.78, 5) is 11.8. The Kier molecular flexibility index (Phi) is 2.87. The van der Waals surface area contributed by atoms with Gasteiger partial charge in [0.15, 0.2) is 0 Å². The summed E-state index contributed by atoms with van der Waals surface area (Å²) in [7, 11) is 0. The van der Waals surface area contributed by atoms with Crippen LogP contribution in [0.25, 0.3) is 0 Å². The van der Waals surface area contributed by atoms with E-state index in [1.54, 1.807) is 25.3 Å². The van der Waals surface area contributed by atoms with E-state index in [2.05, 4.69) is 15.0 Å². The summed E-state index contributed by atoms with van der Waals surface area (Å²) < 4.78 is 5.44. The fourth-order valence-electron chi connectivity index (χ4n) is 1.18. The van der Waals surface area contributed by atoms with E-state index < -0.39 is 0 Å². The van der Waals surface area contributed by atoms with Crippen LogP contribution in [0.1, 0.15) is 5.69 Å². The maximum absolute atomic E-state index is 5.77. The number of nitrogen functional groups attached to an aromatic ring is 1. The fraction of sp³-hybridized carbons (Fsp3) is 0.100. The first-order chi connectivity index (χ1) is 7.63. The molecule has 0 saturated heterocycles. The Balaban J connectivity index is 2.27. The highest BCUT2D eigenvalue weighted by Gasteiger charge is 2.02. The largest absolute Gasteiger partial charge is 0.437 e. The van der Waals surface area contributed by atoms with E-state index >= 15 is 0 Å². The minimum atomic E-state index is 0.171. The van der Waals surface area contributed by atoms with Crippen LogP contribution in [0.15, 0.2) is 24.5 Å². The molecule has 6 heteroatoms. The molecule has 0 aliphatic heterocycles. The van der Waals surface area contributed by atoms with E-state index in [4.69, 9.17) is 22.1 Å². The van der Waals surface area contributed by atoms with Crippen molar-refractivity contribution in [1.82, 2.24) is 15.0 Å². The van der Waals surface area contributed by atoms with Gasteiger partial charge in [-0.1, -0.05) is 11.6 Å². The van der Waals surface area contributed by atoms with Crippen molar-refractivity contribution >= 4 is 17.5 Å². The number of aryl methyl sites for hydroxylation is 1. The van der Waals surface area contributed by atoms with Crippen molar-refractivity contribution in [2.45, 2.75) is 6.92 Å². The van der Waals surface area contributed by atoms with Gasteiger partial charge in [0.1, 0.15) is 5.75 Å². The third-order valence-electron chi connectivity index (χ3n) is 1.75. The van der Waals surface area contributed by atoms with Crippen LogP contribution in [0, 0.1) is 6.92 Å². The number of pyridine rings is 1. The summed E-state index contributed by atoms with van der Waals surface area (Å²) >= 11 is 5.77. The molecule has 0 bridgehead atoms. The van der Waals surface area contributed by atoms with Crippen LogP contribution in [0.5, 0.6) is 11.6 Å². The third-order valence-corrected chi connectivity index (χ3v) is 1.96. The van der Waals surface area contributed by atoms with Gasteiger partial charge >= 0.3 is 0 Å². The topological polar surface area (TPSA) is 73.9 Å². The zero-order valence-corrected chi connectivity index (χ0v) is 9.27. The Morgan fingerprint density at radius 1 is 1.25 bits per heavy atom. The number of rotatable bonds is 2. The molecule has 0 spiro atoms. The van der Waals surface area contributed by atoms with Gasteiger partial charge in [-0.2, -0.15) is 4.98 Å². The minimum Gasteiger partial charge on any atom is -0.437 e. The monoisotopic (exact) mass is 236 g/mol. The highest BCUT2D eigenvalue weighted by Crippen LogP contribution is 2.22. The van der Waals surface area contributed by atoms with E-state index in [1.807, 2.05) is 0 Å². The summed E-state index contributed by atoms with van der Waals surface area (Å²) in [5, 5.41) is 0.497. The molecule has 0 fully saturated rings. The first kappa shape index (κ1) is 10.6. The van der Waals surface area contributed by atoms with Crippen molar-refractivity contribution < 1.29 is 4.74 Å². The molecule has 2 N–H and O–H groups in total. The second-order valence-corrected chi connectivity index (χ2v) is 3.58. The van der Waals surface area contributed by atoms with Crippen LogP contribution in [-0.2, 0) is 0 Å². The Morgan fingerprint density at radius 2 is 2.06 bits per heavy atom. The Hall–Kier alpha value is -1.88. The Morgan fingerprint density at radius 3 is 2.75 bits per heavy atom. The molecular weight excluding hydrogens is 228 g/mol. The first-order valence-corrected chi connectivity index (χ1v) is 4.91. The van der Waals surface area contributed by atoms with E-state index in [9.17, 15) is 0 Å². The molecule has 0 aromatic carbocycles. The molecule has 82 valence electrons. The number of nitrogens with two attached hydrogens (primary N) is 1. The van der Waals surface area contributed by atoms with E-state index in [-0.39, 0.29) is 5.95 Å². The molecule has 0 amide bonds. The summed E-state index contributed by atoms with van der Waals surface area (Å²) in [5.74, 6) is 1.05. The zero-order chi connectivity index (χ0) is 11.5. The summed E-state index contributed by atoms with van der Waals surface area (Å²) in [6.07, 6.45) is 3.06. The maximum atomic E-state index is 5.77. The normalized spacial score (nSPS) is 10.1. The predicted molar refractivity (Wildman–Crippen MR) is 60.5 cm³/mol. The second kappa shape index (κ2) is 4.32. The number of nitrogens with zero attached hydrogens (tertiary/aromatic N) is 3. The number of halogens is 1. The number of anilines is 1. The molecule has 16 heavy (non-hydrogen) atoms. The lowest BCUT2D eigenvalue weighted by molar-refractivity contribution is 0.460. The Bertz CT molecular complexity index is 498. The van der Waals surface area contributed by atoms with Gasteiger partial charge in [0.2, 0.25) is 11.8 Å². The van der Waals surface area contributed by atoms with Gasteiger partial charge in [-0.25, -0.2) is 4.98 Å². The number of hydrogen-bond donors (Lipinski definition) is 1. The maximum Gasteiger partial charge on any atom is 0.224 e. The highest BCUT2D eigenvalue weighted by molar-refractivity contribution is 6.30.